The van der Waals surface area contributed by atoms with Crippen LogP contribution in [0.4, 0.5) is 30.4 Å². The lowest BCUT2D eigenvalue weighted by molar-refractivity contribution is -0.118. The van der Waals surface area contributed by atoms with Gasteiger partial charge in [0, 0.05) is 35.6 Å². The first-order valence-electron chi connectivity index (χ1n) is 11.7. The first-order chi connectivity index (χ1) is 18.1. The van der Waals surface area contributed by atoms with Gasteiger partial charge in [-0.2, -0.15) is 18.3 Å². The number of aromatic amines is 1. The molecule has 0 unspecified atom stereocenters. The Labute approximate surface area is 222 Å². The smallest absolute Gasteiger partial charge is 0.399 e. The summed E-state index contributed by atoms with van der Waals surface area (Å²) >= 11 is 0.525. The Morgan fingerprint density at radius 1 is 1.08 bits per heavy atom. The molecule has 0 radical (unpaired) electrons. The third kappa shape index (κ3) is 9.84. The zero-order valence-electron chi connectivity index (χ0n) is 20.9. The zero-order valence-corrected chi connectivity index (χ0v) is 21.7. The summed E-state index contributed by atoms with van der Waals surface area (Å²) in [6.45, 7) is 4.35. The van der Waals surface area contributed by atoms with Gasteiger partial charge in [0.2, 0.25) is 11.8 Å². The molecule has 7 N–H and O–H groups in total. The van der Waals surface area contributed by atoms with E-state index in [0.717, 1.165) is 0 Å². The summed E-state index contributed by atoms with van der Waals surface area (Å²) in [6, 6.07) is 9.67. The van der Waals surface area contributed by atoms with Crippen LogP contribution in [0.1, 0.15) is 43.5 Å². The highest BCUT2D eigenvalue weighted by Gasteiger charge is 2.27. The van der Waals surface area contributed by atoms with Gasteiger partial charge in [0.05, 0.1) is 12.3 Å². The molecule has 0 saturated carbocycles. The minimum absolute atomic E-state index is 0.105. The number of amides is 2. The molecule has 0 aliphatic carbocycles. The van der Waals surface area contributed by atoms with Crippen LogP contribution in [0.3, 0.4) is 0 Å². The highest BCUT2D eigenvalue weighted by atomic mass is 32.2. The fourth-order valence-corrected chi connectivity index (χ4v) is 3.61. The van der Waals surface area contributed by atoms with Crippen molar-refractivity contribution in [3.8, 4) is 17.1 Å². The number of aromatic nitrogens is 3. The van der Waals surface area contributed by atoms with Gasteiger partial charge >= 0.3 is 6.18 Å². The Morgan fingerprint density at radius 3 is 2.42 bits per heavy atom. The van der Waals surface area contributed by atoms with E-state index in [4.69, 9.17) is 16.2 Å². The van der Waals surface area contributed by atoms with Crippen LogP contribution in [0, 0.1) is 0 Å². The fourth-order valence-electron chi connectivity index (χ4n) is 3.07. The van der Waals surface area contributed by atoms with Crippen molar-refractivity contribution in [2.75, 3.05) is 22.4 Å². The molecule has 0 aliphatic heterocycles. The molecule has 2 amide bonds. The summed E-state index contributed by atoms with van der Waals surface area (Å²) in [5.41, 5.74) is 12.7. The number of H-pyrrole nitrogens is 1. The quantitative estimate of drug-likeness (QED) is 0.146. The Balaban J connectivity index is 0.00000247. The Kier molecular flexibility index (Phi) is 11.7. The van der Waals surface area contributed by atoms with Crippen molar-refractivity contribution in [3.63, 3.8) is 0 Å². The maximum Gasteiger partial charge on any atom is 0.399 e. The molecule has 0 saturated heterocycles. The number of hydrogen-bond donors (Lipinski definition) is 5. The maximum atomic E-state index is 12.3. The van der Waals surface area contributed by atoms with Gasteiger partial charge < -0.3 is 26.2 Å². The fraction of sp³-hybridized carbons (Fsp3) is 0.333. The Morgan fingerprint density at radius 2 is 1.79 bits per heavy atom. The molecule has 2 heterocycles. The standard InChI is InChI=1S/C22H24F3N7O3S.C2H6/c23-22(24,25)12-36-32-14-6-4-13(5-7-14)19-18(20(27)34)21(31-30-19)29-15-8-9-28-17(11-15)35-10-2-1-3-16(26)33;1-2/h4-9,11,32H,1-3,10,12H2,(H2,26,33)(H2,27,34)(H2,28,29,30,31);1-2H3. The third-order valence-electron chi connectivity index (χ3n) is 4.68. The molecule has 0 spiro atoms. The number of anilines is 3. The molecular formula is C24H30F3N7O3S. The van der Waals surface area contributed by atoms with Gasteiger partial charge in [-0.25, -0.2) is 4.98 Å². The number of pyridine rings is 1. The number of alkyl halides is 3. The number of ether oxygens (including phenoxy) is 1. The number of rotatable bonds is 13. The van der Waals surface area contributed by atoms with Gasteiger partial charge in [0.15, 0.2) is 5.82 Å². The average molecular weight is 554 g/mol. The number of nitrogens with two attached hydrogens (primary N) is 2. The highest BCUT2D eigenvalue weighted by Crippen LogP contribution is 2.30. The SMILES string of the molecule is CC.NC(=O)CCCCOc1cc(Nc2n[nH]c(-c3ccc(NSCC(F)(F)F)cc3)c2C(N)=O)ccn1. The Hall–Kier alpha value is -3.94. The van der Waals surface area contributed by atoms with E-state index >= 15 is 0 Å². The predicted molar refractivity (Wildman–Crippen MR) is 142 cm³/mol. The van der Waals surface area contributed by atoms with Gasteiger partial charge in [0.1, 0.15) is 11.3 Å². The van der Waals surface area contributed by atoms with E-state index in [1.54, 1.807) is 36.4 Å². The number of benzene rings is 1. The molecule has 14 heteroatoms. The van der Waals surface area contributed by atoms with Crippen LogP contribution in [0.2, 0.25) is 0 Å². The van der Waals surface area contributed by atoms with Crippen LogP contribution in [0.5, 0.6) is 5.88 Å². The molecule has 3 aromatic rings. The van der Waals surface area contributed by atoms with Crippen molar-refractivity contribution < 1.29 is 27.5 Å². The summed E-state index contributed by atoms with van der Waals surface area (Å²) in [6.07, 6.45) is -1.24. The summed E-state index contributed by atoms with van der Waals surface area (Å²) in [5, 5.41) is 9.94. The van der Waals surface area contributed by atoms with E-state index in [2.05, 4.69) is 25.2 Å². The maximum absolute atomic E-state index is 12.3. The lowest BCUT2D eigenvalue weighted by Gasteiger charge is -2.09. The van der Waals surface area contributed by atoms with Crippen molar-refractivity contribution in [1.82, 2.24) is 15.2 Å². The number of unbranched alkanes of at least 4 members (excludes halogenated alkanes) is 1. The molecule has 10 nitrogen and oxygen atoms in total. The van der Waals surface area contributed by atoms with E-state index in [0.29, 0.717) is 59.9 Å². The summed E-state index contributed by atoms with van der Waals surface area (Å²) in [4.78, 5) is 27.1. The number of carbonyl (C=O) groups excluding carboxylic acids is 2. The first kappa shape index (κ1) is 30.3. The molecule has 0 atom stereocenters. The molecular weight excluding hydrogens is 523 g/mol. The van der Waals surface area contributed by atoms with Gasteiger partial charge in [-0.3, -0.25) is 14.7 Å². The molecule has 3 rings (SSSR count). The predicted octanol–water partition coefficient (Wildman–Crippen LogP) is 5.00. The minimum Gasteiger partial charge on any atom is -0.478 e. The monoisotopic (exact) mass is 553 g/mol. The van der Waals surface area contributed by atoms with Gasteiger partial charge in [0.25, 0.3) is 5.91 Å². The largest absolute Gasteiger partial charge is 0.478 e. The van der Waals surface area contributed by atoms with Crippen LogP contribution >= 0.6 is 11.9 Å². The number of carbonyl (C=O) groups is 2. The van der Waals surface area contributed by atoms with Crippen molar-refractivity contribution in [3.05, 3.63) is 48.2 Å². The van der Waals surface area contributed by atoms with E-state index in [-0.39, 0.29) is 23.7 Å². The molecule has 0 fully saturated rings. The van der Waals surface area contributed by atoms with Crippen LogP contribution in [0.15, 0.2) is 42.6 Å². The third-order valence-corrected chi connectivity index (χ3v) is 5.53. The van der Waals surface area contributed by atoms with Crippen LogP contribution in [0.25, 0.3) is 11.3 Å². The van der Waals surface area contributed by atoms with E-state index in [1.807, 2.05) is 13.8 Å². The molecule has 2 aromatic heterocycles. The van der Waals surface area contributed by atoms with E-state index < -0.39 is 17.8 Å². The molecule has 1 aromatic carbocycles. The number of hydrogen-bond acceptors (Lipinski definition) is 8. The van der Waals surface area contributed by atoms with Crippen molar-refractivity contribution in [2.45, 2.75) is 39.3 Å². The Bertz CT molecular complexity index is 1190. The van der Waals surface area contributed by atoms with Crippen LogP contribution in [-0.4, -0.2) is 45.5 Å². The second-order valence-electron chi connectivity index (χ2n) is 7.55. The van der Waals surface area contributed by atoms with Gasteiger partial charge in [-0.05, 0) is 43.0 Å². The number of primary amides is 2. The minimum atomic E-state index is -4.28. The second kappa shape index (κ2) is 14.7. The lowest BCUT2D eigenvalue weighted by Crippen LogP contribution is -2.13. The lowest BCUT2D eigenvalue weighted by atomic mass is 10.1. The highest BCUT2D eigenvalue weighted by molar-refractivity contribution is 8.00. The first-order valence-corrected chi connectivity index (χ1v) is 12.7. The number of halogens is 3. The molecule has 206 valence electrons. The molecule has 38 heavy (non-hydrogen) atoms. The topological polar surface area (TPSA) is 161 Å². The number of nitrogens with one attached hydrogen (secondary N) is 3. The van der Waals surface area contributed by atoms with Crippen molar-refractivity contribution >= 4 is 41.0 Å². The second-order valence-corrected chi connectivity index (χ2v) is 8.33. The van der Waals surface area contributed by atoms with E-state index in [1.165, 1.54) is 6.20 Å². The van der Waals surface area contributed by atoms with Crippen molar-refractivity contribution in [1.29, 1.82) is 0 Å². The molecule has 0 aliphatic rings. The van der Waals surface area contributed by atoms with Crippen molar-refractivity contribution in [2.24, 2.45) is 11.5 Å². The molecule has 0 bridgehead atoms. The average Bonchev–Trinajstić information content (AvgIpc) is 3.28. The normalized spacial score (nSPS) is 10.8. The van der Waals surface area contributed by atoms with Gasteiger partial charge in [-0.1, -0.05) is 26.0 Å². The summed E-state index contributed by atoms with van der Waals surface area (Å²) < 4.78 is 45.1. The number of nitrogens with zero attached hydrogens (tertiary/aromatic N) is 2. The van der Waals surface area contributed by atoms with Crippen LogP contribution < -0.4 is 26.2 Å². The van der Waals surface area contributed by atoms with Gasteiger partial charge in [-0.15, -0.1) is 0 Å². The van der Waals surface area contributed by atoms with Crippen LogP contribution in [-0.2, 0) is 4.79 Å². The summed E-state index contributed by atoms with van der Waals surface area (Å²) in [7, 11) is 0. The van der Waals surface area contributed by atoms with E-state index in [9.17, 15) is 22.8 Å². The zero-order chi connectivity index (χ0) is 28.1. The summed E-state index contributed by atoms with van der Waals surface area (Å²) in [5.74, 6) is -1.62.